The molecule has 0 aliphatic rings. The van der Waals surface area contributed by atoms with E-state index < -0.39 is 11.9 Å². The number of rotatable bonds is 5. The number of carboxylic acid groups (broad SMARTS) is 2. The monoisotopic (exact) mass is 373 g/mol. The van der Waals surface area contributed by atoms with Gasteiger partial charge in [0, 0.05) is 11.8 Å². The van der Waals surface area contributed by atoms with Crippen molar-refractivity contribution < 1.29 is 19.8 Å². The number of carboxylic acids is 2. The Morgan fingerprint density at radius 3 is 2.04 bits per heavy atom. The van der Waals surface area contributed by atoms with Crippen molar-refractivity contribution in [3.05, 3.63) is 88.5 Å². The molecule has 140 valence electrons. The number of nitrogens with zero attached hydrogens (tertiary/aromatic N) is 1. The average molecular weight is 373 g/mol. The molecule has 5 heteroatoms. The molecule has 2 N–H and O–H groups in total. The predicted molar refractivity (Wildman–Crippen MR) is 109 cm³/mol. The van der Waals surface area contributed by atoms with Crippen LogP contribution in [0.2, 0.25) is 0 Å². The molecule has 0 radical (unpaired) electrons. The second-order valence-electron chi connectivity index (χ2n) is 6.44. The van der Waals surface area contributed by atoms with Crippen molar-refractivity contribution in [3.8, 4) is 11.1 Å². The van der Waals surface area contributed by atoms with Crippen LogP contribution in [0, 0.1) is 13.8 Å². The first-order valence-corrected chi connectivity index (χ1v) is 8.69. The lowest BCUT2D eigenvalue weighted by molar-refractivity contribution is 0.0696. The number of aryl methyl sites for hydroxylation is 1. The summed E-state index contributed by atoms with van der Waals surface area (Å²) in [6.45, 7) is 3.74. The van der Waals surface area contributed by atoms with Gasteiger partial charge in [-0.1, -0.05) is 36.4 Å². The quantitative estimate of drug-likeness (QED) is 0.608. The smallest absolute Gasteiger partial charge is 0.336 e. The molecule has 0 saturated heterocycles. The molecule has 0 atom stereocenters. The second-order valence-corrected chi connectivity index (χ2v) is 6.44. The molecule has 5 nitrogen and oxygen atoms in total. The first-order valence-electron chi connectivity index (χ1n) is 8.69. The van der Waals surface area contributed by atoms with Crippen molar-refractivity contribution in [2.45, 2.75) is 13.8 Å². The molecule has 0 fully saturated rings. The normalized spacial score (nSPS) is 10.9. The second kappa shape index (κ2) is 7.88. The Hall–Kier alpha value is -3.73. The van der Waals surface area contributed by atoms with E-state index in [4.69, 9.17) is 0 Å². The van der Waals surface area contributed by atoms with Crippen LogP contribution in [0.25, 0.3) is 11.1 Å². The van der Waals surface area contributed by atoms with Crippen LogP contribution in [0.3, 0.4) is 0 Å². The van der Waals surface area contributed by atoms with Crippen LogP contribution in [0.1, 0.15) is 37.4 Å². The van der Waals surface area contributed by atoms with Gasteiger partial charge in [-0.2, -0.15) is 0 Å². The zero-order chi connectivity index (χ0) is 20.3. The summed E-state index contributed by atoms with van der Waals surface area (Å²) in [5.41, 5.74) is 3.91. The van der Waals surface area contributed by atoms with E-state index in [-0.39, 0.29) is 16.7 Å². The fraction of sp³-hybridized carbons (Fsp3) is 0.0870. The van der Waals surface area contributed by atoms with E-state index in [0.29, 0.717) is 11.3 Å². The van der Waals surface area contributed by atoms with Gasteiger partial charge in [-0.15, -0.1) is 0 Å². The minimum Gasteiger partial charge on any atom is -0.478 e. The first-order chi connectivity index (χ1) is 13.4. The Bertz CT molecular complexity index is 1050. The van der Waals surface area contributed by atoms with Crippen LogP contribution in [0.15, 0.2) is 65.7 Å². The Balaban J connectivity index is 2.21. The highest BCUT2D eigenvalue weighted by molar-refractivity contribution is 6.05. The van der Waals surface area contributed by atoms with E-state index in [9.17, 15) is 19.8 Å². The van der Waals surface area contributed by atoms with E-state index >= 15 is 0 Å². The van der Waals surface area contributed by atoms with Gasteiger partial charge in [-0.05, 0) is 60.4 Å². The van der Waals surface area contributed by atoms with Gasteiger partial charge in [0.15, 0.2) is 0 Å². The van der Waals surface area contributed by atoms with Crippen LogP contribution in [0.5, 0.6) is 0 Å². The Morgan fingerprint density at radius 1 is 0.857 bits per heavy atom. The zero-order valence-corrected chi connectivity index (χ0v) is 15.5. The van der Waals surface area contributed by atoms with E-state index in [1.54, 1.807) is 12.3 Å². The molecular formula is C23H19NO4. The summed E-state index contributed by atoms with van der Waals surface area (Å²) in [5.74, 6) is -2.35. The Kier molecular flexibility index (Phi) is 5.36. The average Bonchev–Trinajstić information content (AvgIpc) is 2.68. The summed E-state index contributed by atoms with van der Waals surface area (Å²) >= 11 is 0. The molecule has 0 bridgehead atoms. The highest BCUT2D eigenvalue weighted by Crippen LogP contribution is 2.35. The largest absolute Gasteiger partial charge is 0.478 e. The van der Waals surface area contributed by atoms with Crippen LogP contribution >= 0.6 is 0 Å². The summed E-state index contributed by atoms with van der Waals surface area (Å²) in [6.07, 6.45) is 1.72. The molecule has 0 amide bonds. The number of benzene rings is 3. The topological polar surface area (TPSA) is 87.0 Å². The summed E-state index contributed by atoms with van der Waals surface area (Å²) < 4.78 is 0. The van der Waals surface area contributed by atoms with Gasteiger partial charge in [0.1, 0.15) is 0 Å². The van der Waals surface area contributed by atoms with Crippen molar-refractivity contribution in [3.63, 3.8) is 0 Å². The van der Waals surface area contributed by atoms with E-state index in [1.165, 1.54) is 18.2 Å². The number of aliphatic imine (C=N–C) groups is 1. The molecule has 3 rings (SSSR count). The van der Waals surface area contributed by atoms with Crippen LogP contribution < -0.4 is 0 Å². The minimum absolute atomic E-state index is 0.0495. The van der Waals surface area contributed by atoms with Gasteiger partial charge in [-0.3, -0.25) is 4.99 Å². The molecule has 0 aromatic heterocycles. The molecule has 0 heterocycles. The first kappa shape index (κ1) is 19.0. The van der Waals surface area contributed by atoms with Gasteiger partial charge in [-0.25, -0.2) is 9.59 Å². The van der Waals surface area contributed by atoms with E-state index in [0.717, 1.165) is 16.7 Å². The summed E-state index contributed by atoms with van der Waals surface area (Å²) in [6, 6.07) is 17.5. The third kappa shape index (κ3) is 3.83. The lowest BCUT2D eigenvalue weighted by Crippen LogP contribution is -2.07. The molecule has 0 unspecified atom stereocenters. The van der Waals surface area contributed by atoms with Gasteiger partial charge in [0.05, 0.1) is 16.8 Å². The Labute approximate surface area is 162 Å². The number of hydrogen-bond acceptors (Lipinski definition) is 3. The van der Waals surface area contributed by atoms with Crippen molar-refractivity contribution in [2.24, 2.45) is 4.99 Å². The third-order valence-corrected chi connectivity index (χ3v) is 4.61. The maximum atomic E-state index is 11.7. The van der Waals surface area contributed by atoms with E-state index in [1.807, 2.05) is 50.2 Å². The predicted octanol–water partition coefficient (Wildman–Crippen LogP) is 5.12. The summed E-state index contributed by atoms with van der Waals surface area (Å²) in [5, 5.41) is 19.2. The molecule has 0 aliphatic carbocycles. The molecular weight excluding hydrogens is 354 g/mol. The maximum absolute atomic E-state index is 11.7. The van der Waals surface area contributed by atoms with Gasteiger partial charge >= 0.3 is 11.9 Å². The molecule has 28 heavy (non-hydrogen) atoms. The van der Waals surface area contributed by atoms with Gasteiger partial charge in [0.25, 0.3) is 0 Å². The highest BCUT2D eigenvalue weighted by atomic mass is 16.4. The van der Waals surface area contributed by atoms with Crippen LogP contribution in [-0.4, -0.2) is 28.4 Å². The molecule has 0 aliphatic heterocycles. The van der Waals surface area contributed by atoms with Gasteiger partial charge < -0.3 is 10.2 Å². The molecule has 0 saturated carbocycles. The van der Waals surface area contributed by atoms with Crippen LogP contribution in [-0.2, 0) is 0 Å². The van der Waals surface area contributed by atoms with Crippen molar-refractivity contribution >= 4 is 23.8 Å². The fourth-order valence-electron chi connectivity index (χ4n) is 3.06. The summed E-state index contributed by atoms with van der Waals surface area (Å²) in [7, 11) is 0. The maximum Gasteiger partial charge on any atom is 0.336 e. The SMILES string of the molecule is Cc1cc(N=Cc2ccccc2)cc(-c2c(C(=O)O)cccc2C(=O)O)c1C. The van der Waals surface area contributed by atoms with E-state index in [2.05, 4.69) is 4.99 Å². The summed E-state index contributed by atoms with van der Waals surface area (Å²) in [4.78, 5) is 28.0. The van der Waals surface area contributed by atoms with Crippen molar-refractivity contribution in [1.82, 2.24) is 0 Å². The zero-order valence-electron chi connectivity index (χ0n) is 15.5. The van der Waals surface area contributed by atoms with Crippen LogP contribution in [0.4, 0.5) is 5.69 Å². The van der Waals surface area contributed by atoms with Crippen molar-refractivity contribution in [2.75, 3.05) is 0 Å². The molecule has 3 aromatic carbocycles. The molecule has 3 aromatic rings. The fourth-order valence-corrected chi connectivity index (χ4v) is 3.06. The minimum atomic E-state index is -1.17. The lowest BCUT2D eigenvalue weighted by Gasteiger charge is -2.15. The molecule has 0 spiro atoms. The van der Waals surface area contributed by atoms with Crippen molar-refractivity contribution in [1.29, 1.82) is 0 Å². The third-order valence-electron chi connectivity index (χ3n) is 4.61. The number of aromatic carboxylic acids is 2. The highest BCUT2D eigenvalue weighted by Gasteiger charge is 2.21. The number of hydrogen-bond donors (Lipinski definition) is 2. The Morgan fingerprint density at radius 2 is 1.46 bits per heavy atom. The standard InChI is InChI=1S/C23H19NO4/c1-14-11-17(24-13-16-7-4-3-5-8-16)12-20(15(14)2)21-18(22(25)26)9-6-10-19(21)23(27)28/h3-13H,1-2H3,(H,25,26)(H,27,28). The lowest BCUT2D eigenvalue weighted by atomic mass is 9.89. The van der Waals surface area contributed by atoms with Gasteiger partial charge in [0.2, 0.25) is 0 Å². The number of carbonyl (C=O) groups is 2.